The van der Waals surface area contributed by atoms with E-state index in [1.54, 1.807) is 48.5 Å². The lowest BCUT2D eigenvalue weighted by Crippen LogP contribution is -2.62. The van der Waals surface area contributed by atoms with Crippen LogP contribution in [0, 0.1) is 25.7 Å². The van der Waals surface area contributed by atoms with Gasteiger partial charge in [-0.1, -0.05) is 35.4 Å². The Bertz CT molecular complexity index is 1780. The summed E-state index contributed by atoms with van der Waals surface area (Å²) in [4.78, 5) is 24.7. The Morgan fingerprint density at radius 3 is 1.25 bits per heavy atom. The molecule has 0 N–H and O–H groups in total. The Balaban J connectivity index is 0.000000214. The Morgan fingerprint density at radius 1 is 0.625 bits per heavy atom. The van der Waals surface area contributed by atoms with Crippen LogP contribution in [0.25, 0.3) is 0 Å². The minimum absolute atomic E-state index is 0.0414. The number of hydrogen-bond acceptors (Lipinski definition) is 12. The number of sulfonamides is 2. The second-order valence-electron chi connectivity index (χ2n) is 16.0. The number of methoxy groups -OCH3 is 2. The van der Waals surface area contributed by atoms with E-state index in [1.165, 1.54) is 22.8 Å². The van der Waals surface area contributed by atoms with Gasteiger partial charge in [0.1, 0.15) is 0 Å². The third kappa shape index (κ3) is 9.66. The van der Waals surface area contributed by atoms with Gasteiger partial charge in [-0.05, 0) is 92.5 Å². The number of rotatable bonds is 8. The SMILES string of the molecule is COC(=O)C[C@@H]1[C@H]2[C@H](C)OC(C)(C)O[C@H]2CCN1S(=O)(=O)c1ccc(C)cc1.COC(=O)C[C@@H]1[C@H]2[C@H](C)OC(C)(C)O[C@H]2CCN1S(=O)(=O)c1ccc(C)cc1. The largest absolute Gasteiger partial charge is 0.469 e. The van der Waals surface area contributed by atoms with E-state index >= 15 is 0 Å². The monoisotopic (exact) mass is 822 g/mol. The van der Waals surface area contributed by atoms with Crippen molar-refractivity contribution < 1.29 is 54.8 Å². The average Bonchev–Trinajstić information content (AvgIpc) is 3.10. The molecule has 2 aromatic carbocycles. The van der Waals surface area contributed by atoms with Crippen molar-refractivity contribution in [2.24, 2.45) is 11.8 Å². The molecule has 0 aromatic heterocycles. The van der Waals surface area contributed by atoms with Crippen molar-refractivity contribution in [2.45, 2.75) is 139 Å². The summed E-state index contributed by atoms with van der Waals surface area (Å²) >= 11 is 0. The van der Waals surface area contributed by atoms with Gasteiger partial charge in [-0.25, -0.2) is 16.8 Å². The molecule has 0 saturated carbocycles. The number of esters is 2. The number of carbonyl (C=O) groups is 2. The highest BCUT2D eigenvalue weighted by Gasteiger charge is 2.54. The molecule has 0 bridgehead atoms. The summed E-state index contributed by atoms with van der Waals surface area (Å²) in [6, 6.07) is 12.3. The number of aryl methyl sites for hydroxylation is 2. The van der Waals surface area contributed by atoms with Crippen LogP contribution in [0.5, 0.6) is 0 Å². The normalized spacial score (nSPS) is 30.5. The predicted molar refractivity (Wildman–Crippen MR) is 206 cm³/mol. The average molecular weight is 823 g/mol. The quantitative estimate of drug-likeness (QED) is 0.330. The van der Waals surface area contributed by atoms with Gasteiger partial charge in [0, 0.05) is 37.0 Å². The Labute approximate surface area is 332 Å². The van der Waals surface area contributed by atoms with E-state index in [0.717, 1.165) is 11.1 Å². The van der Waals surface area contributed by atoms with Crippen LogP contribution in [0.2, 0.25) is 0 Å². The van der Waals surface area contributed by atoms with E-state index in [4.69, 9.17) is 28.4 Å². The van der Waals surface area contributed by atoms with E-state index in [2.05, 4.69) is 0 Å². The molecule has 8 atom stereocenters. The number of benzene rings is 2. The molecule has 56 heavy (non-hydrogen) atoms. The summed E-state index contributed by atoms with van der Waals surface area (Å²) in [5.74, 6) is -2.91. The fourth-order valence-electron chi connectivity index (χ4n) is 8.72. The van der Waals surface area contributed by atoms with E-state index in [9.17, 15) is 26.4 Å². The third-order valence-electron chi connectivity index (χ3n) is 11.1. The predicted octanol–water partition coefficient (Wildman–Crippen LogP) is 4.95. The first kappa shape index (κ1) is 44.1. The van der Waals surface area contributed by atoms with Gasteiger partial charge in [0.05, 0.1) is 61.3 Å². The fraction of sp³-hybridized carbons (Fsp3) is 0.650. The summed E-state index contributed by atoms with van der Waals surface area (Å²) in [6.07, 6.45) is 0.116. The summed E-state index contributed by atoms with van der Waals surface area (Å²) in [7, 11) is -4.93. The Kier molecular flexibility index (Phi) is 13.5. The van der Waals surface area contributed by atoms with E-state index < -0.39 is 55.6 Å². The molecule has 0 aliphatic carbocycles. The topological polar surface area (TPSA) is 164 Å². The highest BCUT2D eigenvalue weighted by molar-refractivity contribution is 7.89. The van der Waals surface area contributed by atoms with Crippen LogP contribution in [0.15, 0.2) is 58.3 Å². The Morgan fingerprint density at radius 2 is 0.946 bits per heavy atom. The molecule has 0 unspecified atom stereocenters. The maximum Gasteiger partial charge on any atom is 0.307 e. The zero-order valence-electron chi connectivity index (χ0n) is 34.1. The first-order chi connectivity index (χ1) is 26.1. The summed E-state index contributed by atoms with van der Waals surface area (Å²) in [5.41, 5.74) is 1.96. The lowest BCUT2D eigenvalue weighted by molar-refractivity contribution is -0.329. The zero-order chi connectivity index (χ0) is 41.4. The summed E-state index contributed by atoms with van der Waals surface area (Å²) in [5, 5.41) is 0. The molecule has 4 heterocycles. The van der Waals surface area contributed by atoms with Crippen molar-refractivity contribution in [2.75, 3.05) is 27.3 Å². The molecule has 4 aliphatic heterocycles. The minimum atomic E-state index is -3.77. The molecule has 312 valence electrons. The van der Waals surface area contributed by atoms with Gasteiger partial charge >= 0.3 is 11.9 Å². The number of fused-ring (bicyclic) bond motifs is 2. The van der Waals surface area contributed by atoms with Crippen molar-refractivity contribution in [3.05, 3.63) is 59.7 Å². The van der Waals surface area contributed by atoms with Crippen molar-refractivity contribution in [3.63, 3.8) is 0 Å². The Hall–Kier alpha value is -2.96. The molecular weight excluding hydrogens is 765 g/mol. The lowest BCUT2D eigenvalue weighted by atomic mass is 9.81. The second kappa shape index (κ2) is 17.1. The summed E-state index contributed by atoms with van der Waals surface area (Å²) in [6.45, 7) is 15.6. The fourth-order valence-corrected chi connectivity index (χ4v) is 12.1. The van der Waals surface area contributed by atoms with Gasteiger partial charge in [-0.15, -0.1) is 0 Å². The van der Waals surface area contributed by atoms with Gasteiger partial charge in [0.2, 0.25) is 20.0 Å². The highest BCUT2D eigenvalue weighted by atomic mass is 32.2. The molecule has 14 nitrogen and oxygen atoms in total. The number of nitrogens with zero attached hydrogens (tertiary/aromatic N) is 2. The molecule has 4 saturated heterocycles. The molecule has 2 aromatic rings. The molecule has 4 aliphatic rings. The smallest absolute Gasteiger partial charge is 0.307 e. The number of hydrogen-bond donors (Lipinski definition) is 0. The molecule has 6 rings (SSSR count). The minimum Gasteiger partial charge on any atom is -0.469 e. The van der Waals surface area contributed by atoms with Gasteiger partial charge < -0.3 is 28.4 Å². The number of ether oxygens (including phenoxy) is 6. The summed E-state index contributed by atoms with van der Waals surface area (Å²) < 4.78 is 90.2. The van der Waals surface area contributed by atoms with Crippen molar-refractivity contribution in [1.82, 2.24) is 8.61 Å². The maximum absolute atomic E-state index is 13.4. The molecular formula is C40H58N2O12S2. The van der Waals surface area contributed by atoms with Gasteiger partial charge in [-0.3, -0.25) is 9.59 Å². The molecule has 16 heteroatoms. The molecule has 0 spiro atoms. The van der Waals surface area contributed by atoms with Gasteiger partial charge in [-0.2, -0.15) is 8.61 Å². The first-order valence-electron chi connectivity index (χ1n) is 19.1. The number of piperidine rings is 2. The molecule has 0 amide bonds. The van der Waals surface area contributed by atoms with Gasteiger partial charge in [0.25, 0.3) is 0 Å². The van der Waals surface area contributed by atoms with Crippen LogP contribution < -0.4 is 0 Å². The third-order valence-corrected chi connectivity index (χ3v) is 15.0. The molecule has 4 fully saturated rings. The highest BCUT2D eigenvalue weighted by Crippen LogP contribution is 2.43. The number of carbonyl (C=O) groups excluding carboxylic acids is 2. The van der Waals surface area contributed by atoms with Gasteiger partial charge in [0.15, 0.2) is 11.6 Å². The zero-order valence-corrected chi connectivity index (χ0v) is 35.7. The van der Waals surface area contributed by atoms with Crippen molar-refractivity contribution in [1.29, 1.82) is 0 Å². The standard InChI is InChI=1S/2C20H29NO6S/c2*1-13-6-8-15(9-7-13)28(23,24)21-11-10-17-19(16(21)12-18(22)25-5)14(2)26-20(3,4)27-17/h2*6-9,14,16-17,19H,10-12H2,1-5H3/t2*14-,16+,17-,19+/m00/s1. The van der Waals surface area contributed by atoms with E-state index in [-0.39, 0.29) is 72.0 Å². The first-order valence-corrected chi connectivity index (χ1v) is 22.0. The van der Waals surface area contributed by atoms with E-state index in [1.807, 2.05) is 55.4 Å². The van der Waals surface area contributed by atoms with Crippen LogP contribution in [0.3, 0.4) is 0 Å². The van der Waals surface area contributed by atoms with Crippen LogP contribution in [0.4, 0.5) is 0 Å². The molecule has 0 radical (unpaired) electrons. The van der Waals surface area contributed by atoms with Crippen LogP contribution in [-0.4, -0.2) is 113 Å². The maximum atomic E-state index is 13.4. The van der Waals surface area contributed by atoms with Crippen molar-refractivity contribution in [3.8, 4) is 0 Å². The van der Waals surface area contributed by atoms with Crippen LogP contribution >= 0.6 is 0 Å². The lowest BCUT2D eigenvalue weighted by Gasteiger charge is -2.52. The van der Waals surface area contributed by atoms with Crippen LogP contribution in [0.1, 0.15) is 78.4 Å². The van der Waals surface area contributed by atoms with E-state index in [0.29, 0.717) is 12.8 Å². The second-order valence-corrected chi connectivity index (χ2v) is 19.8. The van der Waals surface area contributed by atoms with Crippen molar-refractivity contribution >= 4 is 32.0 Å². The van der Waals surface area contributed by atoms with Crippen LogP contribution in [-0.2, 0) is 58.1 Å².